The molecule has 19 heavy (non-hydrogen) atoms. The normalized spacial score (nSPS) is 31.1. The van der Waals surface area contributed by atoms with Gasteiger partial charge in [0.05, 0.1) is 6.10 Å². The molecule has 0 aromatic rings. The molecule has 5 heteroatoms. The molecule has 110 valence electrons. The largest absolute Gasteiger partial charge is 0.376 e. The zero-order valence-corrected chi connectivity index (χ0v) is 14.1. The van der Waals surface area contributed by atoms with Gasteiger partial charge in [-0.1, -0.05) is 11.8 Å². The van der Waals surface area contributed by atoms with Gasteiger partial charge in [-0.2, -0.15) is 11.8 Å². The van der Waals surface area contributed by atoms with Crippen molar-refractivity contribution in [1.29, 1.82) is 5.41 Å². The fraction of sp³-hybridized carbons (Fsp3) is 0.929. The SMILES string of the molecule is CC1(C)CN(C[C@@H]2CCCO2)C(=N)S1.CC1(C)CS1. The lowest BCUT2D eigenvalue weighted by Gasteiger charge is -2.22. The Morgan fingerprint density at radius 2 is 1.95 bits per heavy atom. The number of thioether (sulfide) groups is 2. The summed E-state index contributed by atoms with van der Waals surface area (Å²) in [6, 6.07) is 0. The smallest absolute Gasteiger partial charge is 0.157 e. The third-order valence-corrected chi connectivity index (χ3v) is 5.98. The average molecular weight is 303 g/mol. The van der Waals surface area contributed by atoms with E-state index in [1.165, 1.54) is 12.2 Å². The van der Waals surface area contributed by atoms with Crippen LogP contribution in [0.2, 0.25) is 0 Å². The van der Waals surface area contributed by atoms with Crippen molar-refractivity contribution in [1.82, 2.24) is 4.90 Å². The minimum absolute atomic E-state index is 0.204. The van der Waals surface area contributed by atoms with E-state index in [1.807, 2.05) is 11.8 Å². The topological polar surface area (TPSA) is 36.3 Å². The van der Waals surface area contributed by atoms with Gasteiger partial charge in [0.1, 0.15) is 0 Å². The molecular formula is C14H26N2OS2. The molecule has 0 aromatic carbocycles. The molecule has 0 radical (unpaired) electrons. The van der Waals surface area contributed by atoms with E-state index in [1.54, 1.807) is 11.8 Å². The number of nitrogens with zero attached hydrogens (tertiary/aromatic N) is 1. The molecule has 1 N–H and O–H groups in total. The van der Waals surface area contributed by atoms with Gasteiger partial charge < -0.3 is 9.64 Å². The van der Waals surface area contributed by atoms with Gasteiger partial charge in [-0.05, 0) is 40.5 Å². The van der Waals surface area contributed by atoms with Crippen LogP contribution in [-0.4, -0.2) is 51.1 Å². The number of nitrogens with one attached hydrogen (secondary N) is 1. The minimum atomic E-state index is 0.204. The van der Waals surface area contributed by atoms with Crippen molar-refractivity contribution in [2.75, 3.05) is 25.4 Å². The van der Waals surface area contributed by atoms with Crippen LogP contribution in [0.5, 0.6) is 0 Å². The molecule has 0 amide bonds. The molecule has 3 aliphatic rings. The molecule has 0 bridgehead atoms. The van der Waals surface area contributed by atoms with E-state index in [4.69, 9.17) is 10.1 Å². The van der Waals surface area contributed by atoms with E-state index in [0.717, 1.165) is 26.1 Å². The van der Waals surface area contributed by atoms with Crippen LogP contribution in [0.1, 0.15) is 40.5 Å². The fourth-order valence-corrected chi connectivity index (χ4v) is 3.52. The van der Waals surface area contributed by atoms with Gasteiger partial charge >= 0.3 is 0 Å². The summed E-state index contributed by atoms with van der Waals surface area (Å²) in [5.41, 5.74) is 0. The van der Waals surface area contributed by atoms with Crippen LogP contribution < -0.4 is 0 Å². The quantitative estimate of drug-likeness (QED) is 0.793. The van der Waals surface area contributed by atoms with Crippen molar-refractivity contribution in [3.8, 4) is 0 Å². The van der Waals surface area contributed by atoms with Crippen molar-refractivity contribution in [2.45, 2.75) is 56.1 Å². The first kappa shape index (κ1) is 15.5. The molecular weight excluding hydrogens is 276 g/mol. The van der Waals surface area contributed by atoms with Crippen LogP contribution in [0.25, 0.3) is 0 Å². The van der Waals surface area contributed by atoms with Gasteiger partial charge in [-0.15, -0.1) is 0 Å². The fourth-order valence-electron chi connectivity index (χ4n) is 2.22. The Labute approximate surface area is 125 Å². The monoisotopic (exact) mass is 302 g/mol. The van der Waals surface area contributed by atoms with Crippen LogP contribution in [0.3, 0.4) is 0 Å². The van der Waals surface area contributed by atoms with Gasteiger partial charge in [0.15, 0.2) is 5.17 Å². The van der Waals surface area contributed by atoms with Crippen molar-refractivity contribution in [3.05, 3.63) is 0 Å². The molecule has 3 nitrogen and oxygen atoms in total. The maximum atomic E-state index is 7.86. The highest BCUT2D eigenvalue weighted by atomic mass is 32.2. The maximum absolute atomic E-state index is 7.86. The second kappa shape index (κ2) is 5.86. The molecule has 0 unspecified atom stereocenters. The Bertz CT molecular complexity index is 332. The first-order valence-electron chi connectivity index (χ1n) is 7.06. The molecule has 3 fully saturated rings. The lowest BCUT2D eigenvalue weighted by molar-refractivity contribution is 0.0916. The Balaban J connectivity index is 0.000000224. The highest BCUT2D eigenvalue weighted by Crippen LogP contribution is 2.42. The molecule has 3 aliphatic heterocycles. The van der Waals surface area contributed by atoms with Gasteiger partial charge in [0, 0.05) is 34.9 Å². The molecule has 3 heterocycles. The molecule has 3 rings (SSSR count). The molecule has 0 aromatic heterocycles. The summed E-state index contributed by atoms with van der Waals surface area (Å²) >= 11 is 3.69. The minimum Gasteiger partial charge on any atom is -0.376 e. The lowest BCUT2D eigenvalue weighted by atomic mass is 10.2. The van der Waals surface area contributed by atoms with Crippen molar-refractivity contribution < 1.29 is 4.74 Å². The molecule has 0 aliphatic carbocycles. The van der Waals surface area contributed by atoms with Crippen LogP contribution in [0, 0.1) is 5.41 Å². The van der Waals surface area contributed by atoms with E-state index in [0.29, 0.717) is 16.0 Å². The summed E-state index contributed by atoms with van der Waals surface area (Å²) in [6.07, 6.45) is 2.71. The van der Waals surface area contributed by atoms with E-state index in [9.17, 15) is 0 Å². The summed E-state index contributed by atoms with van der Waals surface area (Å²) in [5.74, 6) is 1.37. The van der Waals surface area contributed by atoms with Crippen molar-refractivity contribution in [2.24, 2.45) is 0 Å². The Hall–Kier alpha value is 0.130. The standard InChI is InChI=1S/C10H18N2OS.C4H8S/c1-10(2)7-12(9(11)14-10)6-8-4-3-5-13-8;1-4(2)3-5-4/h8,11H,3-7H2,1-2H3;3H2,1-2H3/t8-;/m0./s1. The zero-order chi connectivity index (χ0) is 14.1. The second-order valence-electron chi connectivity index (χ2n) is 6.73. The van der Waals surface area contributed by atoms with Gasteiger partial charge in [0.2, 0.25) is 0 Å². The number of ether oxygens (including phenoxy) is 1. The van der Waals surface area contributed by atoms with E-state index in [2.05, 4.69) is 32.6 Å². The summed E-state index contributed by atoms with van der Waals surface area (Å²) in [5, 5.41) is 8.57. The molecule has 0 saturated carbocycles. The van der Waals surface area contributed by atoms with Gasteiger partial charge in [0.25, 0.3) is 0 Å². The van der Waals surface area contributed by atoms with Crippen LogP contribution in [0.4, 0.5) is 0 Å². The number of hydrogen-bond donors (Lipinski definition) is 1. The van der Waals surface area contributed by atoms with Crippen LogP contribution in [-0.2, 0) is 4.74 Å². The maximum Gasteiger partial charge on any atom is 0.157 e. The van der Waals surface area contributed by atoms with E-state index < -0.39 is 0 Å². The summed E-state index contributed by atoms with van der Waals surface area (Å²) in [4.78, 5) is 2.15. The van der Waals surface area contributed by atoms with E-state index in [-0.39, 0.29) is 4.75 Å². The van der Waals surface area contributed by atoms with Gasteiger partial charge in [-0.25, -0.2) is 0 Å². The van der Waals surface area contributed by atoms with Crippen LogP contribution >= 0.6 is 23.5 Å². The first-order chi connectivity index (χ1) is 8.77. The molecule has 0 spiro atoms. The number of rotatable bonds is 2. The predicted octanol–water partition coefficient (Wildman–Crippen LogP) is 3.44. The molecule has 1 atom stereocenters. The number of hydrogen-bond acceptors (Lipinski definition) is 4. The summed E-state index contributed by atoms with van der Waals surface area (Å²) in [6.45, 7) is 11.7. The summed E-state index contributed by atoms with van der Waals surface area (Å²) < 4.78 is 6.45. The van der Waals surface area contributed by atoms with Crippen molar-refractivity contribution >= 4 is 28.7 Å². The summed E-state index contributed by atoms with van der Waals surface area (Å²) in [7, 11) is 0. The highest BCUT2D eigenvalue weighted by Gasteiger charge is 2.35. The first-order valence-corrected chi connectivity index (χ1v) is 8.86. The third kappa shape index (κ3) is 5.20. The second-order valence-corrected chi connectivity index (χ2v) is 10.1. The van der Waals surface area contributed by atoms with Gasteiger partial charge in [-0.3, -0.25) is 5.41 Å². The Kier molecular flexibility index (Phi) is 4.79. The average Bonchev–Trinajstić information content (AvgIpc) is 2.73. The van der Waals surface area contributed by atoms with E-state index >= 15 is 0 Å². The van der Waals surface area contributed by atoms with Crippen LogP contribution in [0.15, 0.2) is 0 Å². The Morgan fingerprint density at radius 3 is 2.32 bits per heavy atom. The Morgan fingerprint density at radius 1 is 1.32 bits per heavy atom. The number of amidine groups is 1. The predicted molar refractivity (Wildman–Crippen MR) is 86.5 cm³/mol. The highest BCUT2D eigenvalue weighted by molar-refractivity contribution is 8.15. The third-order valence-electron chi connectivity index (χ3n) is 3.40. The zero-order valence-electron chi connectivity index (χ0n) is 12.5. The lowest BCUT2D eigenvalue weighted by Crippen LogP contribution is -2.35. The molecule has 3 saturated heterocycles. The van der Waals surface area contributed by atoms with Crippen molar-refractivity contribution in [3.63, 3.8) is 0 Å².